The number of thiophene rings is 1. The second-order valence-electron chi connectivity index (χ2n) is 4.56. The number of carbonyl (C=O) groups excluding carboxylic acids is 2. The zero-order valence-corrected chi connectivity index (χ0v) is 12.5. The first-order valence-corrected chi connectivity index (χ1v) is 7.12. The lowest BCUT2D eigenvalue weighted by Crippen LogP contribution is -2.40. The molecule has 21 heavy (non-hydrogen) atoms. The summed E-state index contributed by atoms with van der Waals surface area (Å²) in [4.78, 5) is 26.0. The van der Waals surface area contributed by atoms with Crippen LogP contribution in [0.25, 0.3) is 0 Å². The van der Waals surface area contributed by atoms with Crippen molar-refractivity contribution in [3.63, 3.8) is 0 Å². The lowest BCUT2D eigenvalue weighted by atomic mass is 10.2. The van der Waals surface area contributed by atoms with Crippen LogP contribution in [0, 0.1) is 6.92 Å². The van der Waals surface area contributed by atoms with Crippen LogP contribution < -0.4 is 11.1 Å². The van der Waals surface area contributed by atoms with Crippen LogP contribution in [-0.4, -0.2) is 35.5 Å². The van der Waals surface area contributed by atoms with E-state index in [1.807, 2.05) is 11.4 Å². The number of aromatic nitrogens is 1. The lowest BCUT2D eigenvalue weighted by Gasteiger charge is -2.19. The highest BCUT2D eigenvalue weighted by molar-refractivity contribution is 7.10. The van der Waals surface area contributed by atoms with Crippen LogP contribution in [-0.2, 0) is 9.59 Å². The second-order valence-corrected chi connectivity index (χ2v) is 5.54. The third-order valence-electron chi connectivity index (χ3n) is 2.77. The van der Waals surface area contributed by atoms with Crippen LogP contribution in [0.2, 0.25) is 0 Å². The molecular weight excluding hydrogens is 292 g/mol. The smallest absolute Gasteiger partial charge is 0.245 e. The van der Waals surface area contributed by atoms with E-state index >= 15 is 0 Å². The summed E-state index contributed by atoms with van der Waals surface area (Å²) in [6.45, 7) is 1.61. The van der Waals surface area contributed by atoms with E-state index < -0.39 is 6.04 Å². The third kappa shape index (κ3) is 3.89. The molecule has 0 aliphatic rings. The molecule has 0 aromatic carbocycles. The van der Waals surface area contributed by atoms with Crippen LogP contribution in [0.3, 0.4) is 0 Å². The number of anilines is 1. The quantitative estimate of drug-likeness (QED) is 0.862. The van der Waals surface area contributed by atoms with E-state index in [0.717, 1.165) is 4.88 Å². The Morgan fingerprint density at radius 2 is 2.33 bits per heavy atom. The van der Waals surface area contributed by atoms with E-state index in [-0.39, 0.29) is 18.4 Å². The van der Waals surface area contributed by atoms with Crippen LogP contribution in [0.5, 0.6) is 0 Å². The van der Waals surface area contributed by atoms with Crippen molar-refractivity contribution in [3.8, 4) is 0 Å². The monoisotopic (exact) mass is 308 g/mol. The fourth-order valence-electron chi connectivity index (χ4n) is 1.73. The SMILES string of the molecule is Cc1cc(NC(=O)CN(C)C(=O)C(N)c2cccs2)no1. The number of nitrogens with two attached hydrogens (primary N) is 1. The summed E-state index contributed by atoms with van der Waals surface area (Å²) in [5.41, 5.74) is 5.88. The van der Waals surface area contributed by atoms with E-state index in [4.69, 9.17) is 10.3 Å². The lowest BCUT2D eigenvalue weighted by molar-refractivity contribution is -0.134. The molecule has 0 saturated carbocycles. The maximum atomic E-state index is 12.1. The molecule has 2 heterocycles. The fourth-order valence-corrected chi connectivity index (χ4v) is 2.45. The van der Waals surface area contributed by atoms with E-state index in [2.05, 4.69) is 10.5 Å². The average molecular weight is 308 g/mol. The molecule has 0 bridgehead atoms. The van der Waals surface area contributed by atoms with Gasteiger partial charge in [0.05, 0.1) is 6.54 Å². The minimum Gasteiger partial charge on any atom is -0.360 e. The van der Waals surface area contributed by atoms with Gasteiger partial charge >= 0.3 is 0 Å². The number of amides is 2. The minimum absolute atomic E-state index is 0.107. The van der Waals surface area contributed by atoms with Gasteiger partial charge in [0.1, 0.15) is 11.8 Å². The third-order valence-corrected chi connectivity index (χ3v) is 3.72. The van der Waals surface area contributed by atoms with Gasteiger partial charge in [0.25, 0.3) is 0 Å². The van der Waals surface area contributed by atoms with Gasteiger partial charge in [0.2, 0.25) is 11.8 Å². The molecule has 1 unspecified atom stereocenters. The van der Waals surface area contributed by atoms with E-state index in [1.54, 1.807) is 19.1 Å². The van der Waals surface area contributed by atoms with Crippen LogP contribution in [0.15, 0.2) is 28.1 Å². The predicted octanol–water partition coefficient (Wildman–Crippen LogP) is 1.14. The molecule has 7 nitrogen and oxygen atoms in total. The van der Waals surface area contributed by atoms with Crippen LogP contribution in [0.4, 0.5) is 5.82 Å². The summed E-state index contributed by atoms with van der Waals surface area (Å²) >= 11 is 1.41. The second kappa shape index (κ2) is 6.51. The first kappa shape index (κ1) is 15.2. The number of likely N-dealkylation sites (N-methyl/N-ethyl adjacent to an activating group) is 1. The van der Waals surface area contributed by atoms with Gasteiger partial charge in [-0.15, -0.1) is 11.3 Å². The van der Waals surface area contributed by atoms with Crippen molar-refractivity contribution in [2.45, 2.75) is 13.0 Å². The largest absolute Gasteiger partial charge is 0.360 e. The molecule has 112 valence electrons. The summed E-state index contributed by atoms with van der Waals surface area (Å²) < 4.78 is 4.84. The van der Waals surface area contributed by atoms with Gasteiger partial charge in [-0.3, -0.25) is 9.59 Å². The molecule has 2 aromatic heterocycles. The van der Waals surface area contributed by atoms with Gasteiger partial charge in [-0.2, -0.15) is 0 Å². The highest BCUT2D eigenvalue weighted by atomic mass is 32.1. The topological polar surface area (TPSA) is 101 Å². The summed E-state index contributed by atoms with van der Waals surface area (Å²) in [7, 11) is 1.53. The number of hydrogen-bond donors (Lipinski definition) is 2. The Bertz CT molecular complexity index is 623. The molecule has 1 atom stereocenters. The standard InChI is InChI=1S/C13H16N4O3S/c1-8-6-10(16-20-8)15-11(18)7-17(2)13(19)12(14)9-4-3-5-21-9/h3-6,12H,7,14H2,1-2H3,(H,15,16,18). The van der Waals surface area contributed by atoms with Crippen molar-refractivity contribution < 1.29 is 14.1 Å². The minimum atomic E-state index is -0.753. The molecule has 0 saturated heterocycles. The molecule has 8 heteroatoms. The number of carbonyl (C=O) groups is 2. The predicted molar refractivity (Wildman–Crippen MR) is 78.8 cm³/mol. The molecule has 2 aromatic rings. The Morgan fingerprint density at radius 3 is 2.90 bits per heavy atom. The Morgan fingerprint density at radius 1 is 1.57 bits per heavy atom. The fraction of sp³-hybridized carbons (Fsp3) is 0.308. The number of hydrogen-bond acceptors (Lipinski definition) is 6. The summed E-state index contributed by atoms with van der Waals surface area (Å²) in [5.74, 6) is 0.233. The van der Waals surface area contributed by atoms with Gasteiger partial charge in [0.15, 0.2) is 5.82 Å². The first-order chi connectivity index (χ1) is 9.97. The van der Waals surface area contributed by atoms with Crippen molar-refractivity contribution in [2.24, 2.45) is 5.73 Å². The zero-order chi connectivity index (χ0) is 15.4. The van der Waals surface area contributed by atoms with Crippen molar-refractivity contribution >= 4 is 29.0 Å². The Kier molecular flexibility index (Phi) is 4.71. The summed E-state index contributed by atoms with van der Waals surface area (Å²) in [6, 6.07) is 4.46. The molecule has 2 rings (SSSR count). The van der Waals surface area contributed by atoms with Gasteiger partial charge in [-0.1, -0.05) is 11.2 Å². The van der Waals surface area contributed by atoms with Gasteiger partial charge in [-0.05, 0) is 18.4 Å². The molecule has 0 aliphatic heterocycles. The van der Waals surface area contributed by atoms with Crippen molar-refractivity contribution in [1.29, 1.82) is 0 Å². The highest BCUT2D eigenvalue weighted by Gasteiger charge is 2.22. The first-order valence-electron chi connectivity index (χ1n) is 6.24. The molecule has 0 radical (unpaired) electrons. The number of aryl methyl sites for hydroxylation is 1. The average Bonchev–Trinajstić information content (AvgIpc) is 3.08. The van der Waals surface area contributed by atoms with Gasteiger partial charge < -0.3 is 20.5 Å². The Hall–Kier alpha value is -2.19. The molecule has 3 N–H and O–H groups in total. The zero-order valence-electron chi connectivity index (χ0n) is 11.7. The highest BCUT2D eigenvalue weighted by Crippen LogP contribution is 2.18. The Balaban J connectivity index is 1.89. The van der Waals surface area contributed by atoms with Crippen molar-refractivity contribution in [3.05, 3.63) is 34.2 Å². The van der Waals surface area contributed by atoms with E-state index in [1.165, 1.54) is 23.3 Å². The molecule has 0 fully saturated rings. The maximum absolute atomic E-state index is 12.1. The normalized spacial score (nSPS) is 12.0. The maximum Gasteiger partial charge on any atom is 0.245 e. The molecule has 0 spiro atoms. The van der Waals surface area contributed by atoms with Crippen LogP contribution in [0.1, 0.15) is 16.7 Å². The van der Waals surface area contributed by atoms with E-state index in [0.29, 0.717) is 11.6 Å². The summed E-state index contributed by atoms with van der Waals surface area (Å²) in [5, 5.41) is 8.05. The Labute approximate surface area is 125 Å². The molecular formula is C13H16N4O3S. The molecule has 0 aliphatic carbocycles. The number of nitrogens with one attached hydrogen (secondary N) is 1. The number of rotatable bonds is 5. The summed E-state index contributed by atoms with van der Waals surface area (Å²) in [6.07, 6.45) is 0. The van der Waals surface area contributed by atoms with Gasteiger partial charge in [0, 0.05) is 18.0 Å². The van der Waals surface area contributed by atoms with Crippen molar-refractivity contribution in [1.82, 2.24) is 10.1 Å². The van der Waals surface area contributed by atoms with Crippen LogP contribution >= 0.6 is 11.3 Å². The van der Waals surface area contributed by atoms with Crippen molar-refractivity contribution in [2.75, 3.05) is 18.9 Å². The van der Waals surface area contributed by atoms with Gasteiger partial charge in [-0.25, -0.2) is 0 Å². The molecule has 2 amide bonds. The van der Waals surface area contributed by atoms with E-state index in [9.17, 15) is 9.59 Å². The number of nitrogens with zero attached hydrogens (tertiary/aromatic N) is 2.